The van der Waals surface area contributed by atoms with Crippen LogP contribution in [0, 0.1) is 0 Å². The number of hydrogen-bond donors (Lipinski definition) is 1. The van der Waals surface area contributed by atoms with Crippen molar-refractivity contribution in [3.05, 3.63) is 29.8 Å². The first kappa shape index (κ1) is 15.4. The van der Waals surface area contributed by atoms with E-state index in [0.29, 0.717) is 11.3 Å². The maximum absolute atomic E-state index is 12.2. The van der Waals surface area contributed by atoms with E-state index in [4.69, 9.17) is 10.5 Å². The molecule has 114 valence electrons. The number of likely N-dealkylation sites (tertiary alicyclic amines) is 1. The third-order valence-corrected chi connectivity index (χ3v) is 3.95. The number of nitrogens with two attached hydrogens (primary N) is 1. The molecular weight excluding hydrogens is 268 g/mol. The summed E-state index contributed by atoms with van der Waals surface area (Å²) in [5.41, 5.74) is 6.55. The second-order valence-electron chi connectivity index (χ2n) is 5.63. The smallest absolute Gasteiger partial charge is 0.338 e. The highest BCUT2D eigenvalue weighted by molar-refractivity contribution is 5.91. The van der Waals surface area contributed by atoms with Gasteiger partial charge in [-0.25, -0.2) is 4.79 Å². The van der Waals surface area contributed by atoms with Gasteiger partial charge in [0.05, 0.1) is 5.56 Å². The van der Waals surface area contributed by atoms with Crippen LogP contribution in [-0.2, 0) is 9.53 Å². The SMILES string of the molecule is C[C@@H]1CCC[C@@H](C)N1C(=O)COC(=O)c1ccc(N)cc1. The minimum absolute atomic E-state index is 0.126. The molecular formula is C16H22N2O3. The van der Waals surface area contributed by atoms with Gasteiger partial charge in [0, 0.05) is 17.8 Å². The number of esters is 1. The van der Waals surface area contributed by atoms with Crippen molar-refractivity contribution >= 4 is 17.6 Å². The van der Waals surface area contributed by atoms with E-state index in [1.54, 1.807) is 24.3 Å². The van der Waals surface area contributed by atoms with Gasteiger partial charge in [0.25, 0.3) is 5.91 Å². The molecule has 0 unspecified atom stereocenters. The van der Waals surface area contributed by atoms with Crippen molar-refractivity contribution in [2.45, 2.75) is 45.2 Å². The van der Waals surface area contributed by atoms with Crippen molar-refractivity contribution in [3.8, 4) is 0 Å². The number of nitrogen functional groups attached to an aromatic ring is 1. The van der Waals surface area contributed by atoms with Gasteiger partial charge in [-0.1, -0.05) is 0 Å². The first-order valence-corrected chi connectivity index (χ1v) is 7.33. The Labute approximate surface area is 125 Å². The first-order valence-electron chi connectivity index (χ1n) is 7.33. The minimum Gasteiger partial charge on any atom is -0.452 e. The molecule has 2 N–H and O–H groups in total. The number of anilines is 1. The maximum Gasteiger partial charge on any atom is 0.338 e. The molecule has 0 radical (unpaired) electrons. The normalized spacial score (nSPS) is 21.9. The van der Waals surface area contributed by atoms with Crippen molar-refractivity contribution in [1.29, 1.82) is 0 Å². The molecule has 1 fully saturated rings. The Balaban J connectivity index is 1.91. The lowest BCUT2D eigenvalue weighted by atomic mass is 9.97. The zero-order valence-corrected chi connectivity index (χ0v) is 12.5. The Hall–Kier alpha value is -2.04. The summed E-state index contributed by atoms with van der Waals surface area (Å²) in [5.74, 6) is -0.626. The molecule has 5 nitrogen and oxygen atoms in total. The molecule has 0 spiro atoms. The van der Waals surface area contributed by atoms with Crippen LogP contribution >= 0.6 is 0 Å². The van der Waals surface area contributed by atoms with Crippen LogP contribution in [0.4, 0.5) is 5.69 Å². The molecule has 1 aliphatic rings. The second-order valence-corrected chi connectivity index (χ2v) is 5.63. The molecule has 21 heavy (non-hydrogen) atoms. The monoisotopic (exact) mass is 290 g/mol. The Kier molecular flexibility index (Phi) is 4.83. The number of ether oxygens (including phenoxy) is 1. The van der Waals surface area contributed by atoms with E-state index in [9.17, 15) is 9.59 Å². The van der Waals surface area contributed by atoms with Crippen molar-refractivity contribution in [2.24, 2.45) is 0 Å². The number of carbonyl (C=O) groups excluding carboxylic acids is 2. The predicted molar refractivity (Wildman–Crippen MR) is 80.8 cm³/mol. The van der Waals surface area contributed by atoms with Crippen LogP contribution in [-0.4, -0.2) is 35.5 Å². The Morgan fingerprint density at radius 3 is 2.33 bits per heavy atom. The molecule has 1 amide bonds. The highest BCUT2D eigenvalue weighted by Crippen LogP contribution is 2.22. The van der Waals surface area contributed by atoms with Gasteiger partial charge in [0.1, 0.15) is 0 Å². The summed E-state index contributed by atoms with van der Waals surface area (Å²) in [6.45, 7) is 3.86. The zero-order chi connectivity index (χ0) is 15.4. The van der Waals surface area contributed by atoms with Gasteiger partial charge in [0.15, 0.2) is 6.61 Å². The fraction of sp³-hybridized carbons (Fsp3) is 0.500. The molecule has 0 aromatic heterocycles. The third-order valence-electron chi connectivity index (χ3n) is 3.95. The van der Waals surface area contributed by atoms with Crippen LogP contribution < -0.4 is 5.73 Å². The van der Waals surface area contributed by atoms with Crippen molar-refractivity contribution < 1.29 is 14.3 Å². The number of nitrogens with zero attached hydrogens (tertiary/aromatic N) is 1. The van der Waals surface area contributed by atoms with E-state index >= 15 is 0 Å². The number of hydrogen-bond acceptors (Lipinski definition) is 4. The van der Waals surface area contributed by atoms with Gasteiger partial charge >= 0.3 is 5.97 Å². The Morgan fingerprint density at radius 2 is 1.76 bits per heavy atom. The number of piperidine rings is 1. The lowest BCUT2D eigenvalue weighted by molar-refractivity contribution is -0.140. The van der Waals surface area contributed by atoms with Crippen molar-refractivity contribution in [2.75, 3.05) is 12.3 Å². The topological polar surface area (TPSA) is 72.6 Å². The van der Waals surface area contributed by atoms with Gasteiger partial charge in [-0.15, -0.1) is 0 Å². The van der Waals surface area contributed by atoms with Gasteiger partial charge in [-0.3, -0.25) is 4.79 Å². The van der Waals surface area contributed by atoms with Crippen LogP contribution in [0.3, 0.4) is 0 Å². The van der Waals surface area contributed by atoms with Crippen LogP contribution in [0.15, 0.2) is 24.3 Å². The van der Waals surface area contributed by atoms with Crippen LogP contribution in [0.5, 0.6) is 0 Å². The fourth-order valence-electron chi connectivity index (χ4n) is 2.82. The van der Waals surface area contributed by atoms with Gasteiger partial charge in [-0.05, 0) is 57.4 Å². The fourth-order valence-corrected chi connectivity index (χ4v) is 2.82. The molecule has 2 atom stereocenters. The average molecular weight is 290 g/mol. The van der Waals surface area contributed by atoms with Crippen LogP contribution in [0.1, 0.15) is 43.5 Å². The summed E-state index contributed by atoms with van der Waals surface area (Å²) >= 11 is 0. The predicted octanol–water partition coefficient (Wildman–Crippen LogP) is 2.22. The standard InChI is InChI=1S/C16H22N2O3/c1-11-4-3-5-12(2)18(11)15(19)10-21-16(20)13-6-8-14(17)9-7-13/h6-9,11-12H,3-5,10,17H2,1-2H3/t11-,12-/m1/s1. The van der Waals surface area contributed by atoms with Crippen molar-refractivity contribution in [3.63, 3.8) is 0 Å². The highest BCUT2D eigenvalue weighted by atomic mass is 16.5. The summed E-state index contributed by atoms with van der Waals surface area (Å²) < 4.78 is 5.11. The molecule has 1 aromatic carbocycles. The summed E-state index contributed by atoms with van der Waals surface area (Å²) in [6, 6.07) is 6.86. The summed E-state index contributed by atoms with van der Waals surface area (Å²) in [4.78, 5) is 25.9. The molecule has 2 rings (SSSR count). The largest absolute Gasteiger partial charge is 0.452 e. The van der Waals surface area contributed by atoms with E-state index in [-0.39, 0.29) is 24.6 Å². The molecule has 1 aromatic rings. The van der Waals surface area contributed by atoms with E-state index in [2.05, 4.69) is 0 Å². The molecule has 1 heterocycles. The molecule has 1 aliphatic heterocycles. The zero-order valence-electron chi connectivity index (χ0n) is 12.5. The third kappa shape index (κ3) is 3.74. The quantitative estimate of drug-likeness (QED) is 0.684. The van der Waals surface area contributed by atoms with E-state index < -0.39 is 5.97 Å². The molecule has 0 saturated carbocycles. The van der Waals surface area contributed by atoms with E-state index in [1.165, 1.54) is 0 Å². The maximum atomic E-state index is 12.2. The lowest BCUT2D eigenvalue weighted by Gasteiger charge is -2.38. The number of amides is 1. The number of rotatable bonds is 3. The number of benzene rings is 1. The minimum atomic E-state index is -0.499. The van der Waals surface area contributed by atoms with Crippen LogP contribution in [0.25, 0.3) is 0 Å². The molecule has 5 heteroatoms. The molecule has 0 bridgehead atoms. The number of carbonyl (C=O) groups is 2. The van der Waals surface area contributed by atoms with Gasteiger partial charge in [0.2, 0.25) is 0 Å². The van der Waals surface area contributed by atoms with Crippen molar-refractivity contribution in [1.82, 2.24) is 4.90 Å². The van der Waals surface area contributed by atoms with Gasteiger partial charge in [-0.2, -0.15) is 0 Å². The average Bonchev–Trinajstić information content (AvgIpc) is 2.45. The van der Waals surface area contributed by atoms with E-state index in [0.717, 1.165) is 19.3 Å². The Bertz CT molecular complexity index is 503. The molecule has 0 aliphatic carbocycles. The van der Waals surface area contributed by atoms with E-state index in [1.807, 2.05) is 18.7 Å². The van der Waals surface area contributed by atoms with Crippen LogP contribution in [0.2, 0.25) is 0 Å². The summed E-state index contributed by atoms with van der Waals surface area (Å²) in [7, 11) is 0. The van der Waals surface area contributed by atoms with Gasteiger partial charge < -0.3 is 15.4 Å². The molecule has 1 saturated heterocycles. The summed E-state index contributed by atoms with van der Waals surface area (Å²) in [6.07, 6.45) is 3.14. The lowest BCUT2D eigenvalue weighted by Crippen LogP contribution is -2.49. The Morgan fingerprint density at radius 1 is 1.19 bits per heavy atom. The first-order chi connectivity index (χ1) is 9.99. The second kappa shape index (κ2) is 6.61. The highest BCUT2D eigenvalue weighted by Gasteiger charge is 2.29. The summed E-state index contributed by atoms with van der Waals surface area (Å²) in [5, 5.41) is 0.